The van der Waals surface area contributed by atoms with Crippen molar-refractivity contribution in [2.45, 2.75) is 34.5 Å². The molecule has 0 aromatic heterocycles. The molecule has 0 radical (unpaired) electrons. The highest BCUT2D eigenvalue weighted by molar-refractivity contribution is 7.99. The summed E-state index contributed by atoms with van der Waals surface area (Å²) in [5.41, 5.74) is 19.5. The van der Waals surface area contributed by atoms with Gasteiger partial charge in [-0.2, -0.15) is 0 Å². The van der Waals surface area contributed by atoms with Gasteiger partial charge >= 0.3 is 0 Å². The topological polar surface area (TPSA) is 3.24 Å². The molecular weight excluding hydrogens is 771 g/mol. The number of rotatable bonds is 1. The monoisotopic (exact) mass is 809 g/mol. The second-order valence-corrected chi connectivity index (χ2v) is 22.6. The first kappa shape index (κ1) is 34.1. The van der Waals surface area contributed by atoms with Gasteiger partial charge in [0.25, 0.3) is 0 Å². The van der Waals surface area contributed by atoms with E-state index in [4.69, 9.17) is 0 Å². The second kappa shape index (κ2) is 11.8. The summed E-state index contributed by atoms with van der Waals surface area (Å²) in [6, 6.07) is 77.2. The van der Waals surface area contributed by atoms with Gasteiger partial charge in [0.2, 0.25) is 0 Å². The molecule has 1 aliphatic carbocycles. The molecule has 0 saturated carbocycles. The fraction of sp³-hybridized carbons (Fsp3) is 0.0690. The fourth-order valence-corrected chi connectivity index (χ4v) is 19.4. The molecule has 14 rings (SSSR count). The Morgan fingerprint density at radius 2 is 0.852 bits per heavy atom. The fourth-order valence-electron chi connectivity index (χ4n) is 12.6. The maximum absolute atomic E-state index is 2.64. The van der Waals surface area contributed by atoms with Gasteiger partial charge in [-0.1, -0.05) is 183 Å². The van der Waals surface area contributed by atoms with E-state index < -0.39 is 13.5 Å². The van der Waals surface area contributed by atoms with E-state index in [2.05, 4.69) is 219 Å². The maximum Gasteiger partial charge on any atom is 0.182 e. The van der Waals surface area contributed by atoms with Crippen molar-refractivity contribution in [3.63, 3.8) is 0 Å². The van der Waals surface area contributed by atoms with E-state index in [0.717, 1.165) is 0 Å². The van der Waals surface area contributed by atoms with Crippen LogP contribution in [0.2, 0.25) is 0 Å². The summed E-state index contributed by atoms with van der Waals surface area (Å²) in [5.74, 6) is 0. The van der Waals surface area contributed by atoms with Crippen LogP contribution in [0, 0.1) is 0 Å². The standard InChI is InChI=1S/C58H39NSSi/c1-57(2)43-21-7-3-17-37(43)42-34-48-52(35-47(42)57)60-51-27-13-10-24-46(51)58(48)44-22-8-11-25-49(44)59(50-26-12-9-23-45(50)58)36-31-32-41-40-20-6-16-30-55(40)61(56(41)33-36)53-28-14-4-18-38(53)39-19-5-15-29-54(39)61/h3-35H,1-2H3. The van der Waals surface area contributed by atoms with E-state index in [-0.39, 0.29) is 5.41 Å². The van der Waals surface area contributed by atoms with E-state index in [9.17, 15) is 0 Å². The normalized spacial score (nSPS) is 16.3. The van der Waals surface area contributed by atoms with Gasteiger partial charge in [-0.15, -0.1) is 0 Å². The third-order valence-corrected chi connectivity index (χ3v) is 21.0. The predicted octanol–water partition coefficient (Wildman–Crippen LogP) is 12.0. The minimum Gasteiger partial charge on any atom is -0.310 e. The molecule has 0 atom stereocenters. The van der Waals surface area contributed by atoms with E-state index in [1.54, 1.807) is 0 Å². The van der Waals surface area contributed by atoms with Crippen LogP contribution in [-0.2, 0) is 10.8 Å². The predicted molar refractivity (Wildman–Crippen MR) is 256 cm³/mol. The molecule has 0 bridgehead atoms. The Hall–Kier alpha value is -6.65. The Labute approximate surface area is 362 Å². The molecule has 9 aromatic rings. The van der Waals surface area contributed by atoms with Crippen LogP contribution in [0.25, 0.3) is 33.4 Å². The zero-order chi connectivity index (χ0) is 40.2. The molecule has 3 heteroatoms. The van der Waals surface area contributed by atoms with Gasteiger partial charge in [-0.3, -0.25) is 0 Å². The number of benzene rings is 9. The summed E-state index contributed by atoms with van der Waals surface area (Å²) in [6.45, 7) is 4.80. The van der Waals surface area contributed by atoms with Crippen LogP contribution in [-0.4, -0.2) is 8.07 Å². The van der Waals surface area contributed by atoms with Crippen molar-refractivity contribution in [1.29, 1.82) is 0 Å². The number of nitrogens with zero attached hydrogens (tertiary/aromatic N) is 1. The average Bonchev–Trinajstić information content (AvgIpc) is 3.86. The zero-order valence-corrected chi connectivity index (χ0v) is 35.7. The summed E-state index contributed by atoms with van der Waals surface area (Å²) in [6.07, 6.45) is 0. The Balaban J connectivity index is 1.05. The van der Waals surface area contributed by atoms with Gasteiger partial charge in [0.1, 0.15) is 0 Å². The zero-order valence-electron chi connectivity index (χ0n) is 33.9. The Kier molecular flexibility index (Phi) is 6.59. The summed E-state index contributed by atoms with van der Waals surface area (Å²) in [4.78, 5) is 5.26. The molecule has 2 spiro atoms. The molecule has 0 N–H and O–H groups in total. The quantitative estimate of drug-likeness (QED) is 0.152. The lowest BCUT2D eigenvalue weighted by atomic mass is 9.61. The Morgan fingerprint density at radius 1 is 0.361 bits per heavy atom. The van der Waals surface area contributed by atoms with Gasteiger partial charge in [0, 0.05) is 20.9 Å². The van der Waals surface area contributed by atoms with E-state index in [0.29, 0.717) is 0 Å². The lowest BCUT2D eigenvalue weighted by Crippen LogP contribution is -2.70. The van der Waals surface area contributed by atoms with E-state index in [1.807, 2.05) is 11.8 Å². The van der Waals surface area contributed by atoms with Crippen molar-refractivity contribution in [3.8, 4) is 33.4 Å². The van der Waals surface area contributed by atoms with Crippen LogP contribution in [0.5, 0.6) is 0 Å². The van der Waals surface area contributed by atoms with Gasteiger partial charge < -0.3 is 4.90 Å². The van der Waals surface area contributed by atoms with E-state index >= 15 is 0 Å². The largest absolute Gasteiger partial charge is 0.310 e. The summed E-state index contributed by atoms with van der Waals surface area (Å²) in [7, 11) is -2.64. The second-order valence-electron chi connectivity index (χ2n) is 17.9. The van der Waals surface area contributed by atoms with Crippen LogP contribution in [0.15, 0.2) is 210 Å². The molecule has 1 nitrogen and oxygen atoms in total. The molecule has 0 unspecified atom stereocenters. The Morgan fingerprint density at radius 3 is 1.48 bits per heavy atom. The SMILES string of the molecule is CC1(C)c2ccccc2-c2cc3c(cc21)Sc1ccccc1C31c2ccccc2N(c2ccc3c(c2)[Si]2(c4ccccc4-c4ccccc42)c2ccccc2-3)c2ccccc21. The highest BCUT2D eigenvalue weighted by atomic mass is 32.2. The minimum atomic E-state index is -2.64. The molecule has 4 aliphatic heterocycles. The molecule has 9 aromatic carbocycles. The van der Waals surface area contributed by atoms with Crippen LogP contribution >= 0.6 is 11.8 Å². The van der Waals surface area contributed by atoms with Gasteiger partial charge in [-0.25, -0.2) is 0 Å². The smallest absolute Gasteiger partial charge is 0.182 e. The lowest BCUT2D eigenvalue weighted by molar-refractivity contribution is 0.652. The van der Waals surface area contributed by atoms with Crippen molar-refractivity contribution < 1.29 is 0 Å². The average molecular weight is 810 g/mol. The summed E-state index contributed by atoms with van der Waals surface area (Å²) < 4.78 is 0. The first-order valence-corrected chi connectivity index (χ1v) is 24.3. The minimum absolute atomic E-state index is 0.0843. The van der Waals surface area contributed by atoms with Crippen LogP contribution in [0.4, 0.5) is 17.1 Å². The van der Waals surface area contributed by atoms with Crippen molar-refractivity contribution >= 4 is 57.6 Å². The number of hydrogen-bond donors (Lipinski definition) is 0. The number of para-hydroxylation sites is 2. The van der Waals surface area contributed by atoms with Gasteiger partial charge in [-0.05, 0) is 130 Å². The summed E-state index contributed by atoms with van der Waals surface area (Å²) >= 11 is 1.94. The molecule has 0 fully saturated rings. The molecule has 286 valence electrons. The van der Waals surface area contributed by atoms with Crippen LogP contribution in [0.3, 0.4) is 0 Å². The van der Waals surface area contributed by atoms with Gasteiger partial charge in [0.05, 0.1) is 16.8 Å². The Bertz CT molecular complexity index is 3300. The first-order valence-electron chi connectivity index (χ1n) is 21.5. The molecule has 4 heterocycles. The lowest BCUT2D eigenvalue weighted by Gasteiger charge is -2.49. The van der Waals surface area contributed by atoms with Crippen molar-refractivity contribution in [3.05, 3.63) is 234 Å². The third kappa shape index (κ3) is 4.01. The van der Waals surface area contributed by atoms with Crippen molar-refractivity contribution in [2.75, 3.05) is 4.90 Å². The molecule has 61 heavy (non-hydrogen) atoms. The molecular formula is C58H39NSSi. The van der Waals surface area contributed by atoms with Gasteiger partial charge in [0.15, 0.2) is 8.07 Å². The van der Waals surface area contributed by atoms with E-state index in [1.165, 1.54) is 114 Å². The number of fused-ring (bicyclic) bond motifs is 21. The molecule has 0 saturated heterocycles. The maximum atomic E-state index is 2.59. The van der Waals surface area contributed by atoms with Crippen LogP contribution in [0.1, 0.15) is 47.2 Å². The van der Waals surface area contributed by atoms with Crippen LogP contribution < -0.4 is 25.6 Å². The number of anilines is 3. The number of hydrogen-bond acceptors (Lipinski definition) is 2. The molecule has 5 aliphatic rings. The summed E-state index contributed by atoms with van der Waals surface area (Å²) in [5, 5.41) is 6.00. The third-order valence-electron chi connectivity index (χ3n) is 14.9. The van der Waals surface area contributed by atoms with Crippen molar-refractivity contribution in [2.24, 2.45) is 0 Å². The first-order chi connectivity index (χ1) is 30.0. The van der Waals surface area contributed by atoms with Crippen molar-refractivity contribution in [1.82, 2.24) is 0 Å². The molecule has 0 amide bonds. The highest BCUT2D eigenvalue weighted by Gasteiger charge is 2.55. The highest BCUT2D eigenvalue weighted by Crippen LogP contribution is 2.64.